The third kappa shape index (κ3) is 2.48. The summed E-state index contributed by atoms with van der Waals surface area (Å²) in [5.74, 6) is 0.874. The monoisotopic (exact) mass is 329 g/mol. The van der Waals surface area contributed by atoms with Gasteiger partial charge in [-0.05, 0) is 12.1 Å². The van der Waals surface area contributed by atoms with E-state index in [1.165, 1.54) is 0 Å². The lowest BCUT2D eigenvalue weighted by Gasteiger charge is -2.08. The number of nitrogens with zero attached hydrogens (tertiary/aromatic N) is 4. The van der Waals surface area contributed by atoms with Gasteiger partial charge < -0.3 is 4.74 Å². The topological polar surface area (TPSA) is 68.6 Å². The number of hydrogen-bond acceptors (Lipinski definition) is 4. The Hall–Kier alpha value is -3.41. The summed E-state index contributed by atoms with van der Waals surface area (Å²) in [5.41, 5.74) is 6.15. The second-order valence-electron chi connectivity index (χ2n) is 6.03. The Kier molecular flexibility index (Phi) is 3.13. The van der Waals surface area contributed by atoms with Gasteiger partial charge in [0.05, 0.1) is 29.8 Å². The van der Waals surface area contributed by atoms with Gasteiger partial charge in [-0.25, -0.2) is 0 Å². The Bertz CT molecular complexity index is 1020. The van der Waals surface area contributed by atoms with Gasteiger partial charge in [0.1, 0.15) is 12.4 Å². The minimum atomic E-state index is 0.498. The fraction of sp³-hybridized carbons (Fsp3) is 0.105. The summed E-state index contributed by atoms with van der Waals surface area (Å²) >= 11 is 0. The zero-order chi connectivity index (χ0) is 16.6. The van der Waals surface area contributed by atoms with Crippen molar-refractivity contribution in [3.05, 3.63) is 72.1 Å². The van der Waals surface area contributed by atoms with Crippen LogP contribution in [-0.4, -0.2) is 25.2 Å². The van der Waals surface area contributed by atoms with Gasteiger partial charge in [0.25, 0.3) is 0 Å². The van der Waals surface area contributed by atoms with E-state index in [0.29, 0.717) is 13.2 Å². The SMILES string of the molecule is c1ccc(-c2cc3n(n2)Cc2ccc(-c4cnn[nH]4)cc2OC3)cc1. The number of aromatic nitrogens is 5. The smallest absolute Gasteiger partial charge is 0.130 e. The molecule has 25 heavy (non-hydrogen) atoms. The molecule has 0 radical (unpaired) electrons. The highest BCUT2D eigenvalue weighted by molar-refractivity contribution is 5.62. The van der Waals surface area contributed by atoms with E-state index in [0.717, 1.165) is 39.5 Å². The molecule has 0 aliphatic carbocycles. The number of hydrogen-bond donors (Lipinski definition) is 1. The van der Waals surface area contributed by atoms with E-state index in [1.807, 2.05) is 35.0 Å². The van der Waals surface area contributed by atoms with E-state index in [4.69, 9.17) is 9.84 Å². The predicted octanol–water partition coefficient (Wildman–Crippen LogP) is 3.28. The zero-order valence-electron chi connectivity index (χ0n) is 13.4. The molecule has 0 atom stereocenters. The van der Waals surface area contributed by atoms with Crippen molar-refractivity contribution in [3.8, 4) is 28.3 Å². The second kappa shape index (κ2) is 5.59. The first-order chi connectivity index (χ1) is 12.4. The van der Waals surface area contributed by atoms with Crippen LogP contribution in [0.4, 0.5) is 0 Å². The summed E-state index contributed by atoms with van der Waals surface area (Å²) < 4.78 is 8.07. The van der Waals surface area contributed by atoms with Gasteiger partial charge in [0.2, 0.25) is 0 Å². The number of benzene rings is 2. The van der Waals surface area contributed by atoms with E-state index < -0.39 is 0 Å². The van der Waals surface area contributed by atoms with Crippen LogP contribution >= 0.6 is 0 Å². The number of aromatic amines is 1. The van der Waals surface area contributed by atoms with Crippen molar-refractivity contribution >= 4 is 0 Å². The maximum Gasteiger partial charge on any atom is 0.130 e. The van der Waals surface area contributed by atoms with Crippen LogP contribution in [-0.2, 0) is 13.2 Å². The van der Waals surface area contributed by atoms with Gasteiger partial charge in [-0.1, -0.05) is 47.7 Å². The average molecular weight is 329 g/mol. The molecule has 2 aromatic heterocycles. The molecule has 5 rings (SSSR count). The molecule has 4 aromatic rings. The molecule has 1 aliphatic rings. The maximum absolute atomic E-state index is 6.05. The molecule has 2 aromatic carbocycles. The summed E-state index contributed by atoms with van der Waals surface area (Å²) in [5, 5.41) is 15.2. The third-order valence-electron chi connectivity index (χ3n) is 4.42. The molecule has 6 nitrogen and oxygen atoms in total. The first kappa shape index (κ1) is 14.0. The number of nitrogens with one attached hydrogen (secondary N) is 1. The normalized spacial score (nSPS) is 12.8. The minimum Gasteiger partial charge on any atom is -0.487 e. The van der Waals surface area contributed by atoms with Crippen LogP contribution in [0.2, 0.25) is 0 Å². The van der Waals surface area contributed by atoms with E-state index >= 15 is 0 Å². The summed E-state index contributed by atoms with van der Waals surface area (Å²) in [7, 11) is 0. The van der Waals surface area contributed by atoms with Crippen LogP contribution in [0.5, 0.6) is 5.75 Å². The van der Waals surface area contributed by atoms with Gasteiger partial charge in [-0.2, -0.15) is 5.10 Å². The Morgan fingerprint density at radius 2 is 1.92 bits per heavy atom. The third-order valence-corrected chi connectivity index (χ3v) is 4.42. The molecule has 1 N–H and O–H groups in total. The highest BCUT2D eigenvalue weighted by Crippen LogP contribution is 2.30. The Labute approximate surface area is 144 Å². The van der Waals surface area contributed by atoms with Gasteiger partial charge in [-0.3, -0.25) is 9.78 Å². The molecule has 0 fully saturated rings. The largest absolute Gasteiger partial charge is 0.487 e. The van der Waals surface area contributed by atoms with Crippen LogP contribution in [0, 0.1) is 0 Å². The lowest BCUT2D eigenvalue weighted by atomic mass is 10.1. The van der Waals surface area contributed by atoms with Crippen LogP contribution in [0.1, 0.15) is 11.3 Å². The number of rotatable bonds is 2. The molecule has 0 saturated heterocycles. The highest BCUT2D eigenvalue weighted by Gasteiger charge is 2.18. The van der Waals surface area contributed by atoms with Crippen molar-refractivity contribution in [2.75, 3.05) is 0 Å². The zero-order valence-corrected chi connectivity index (χ0v) is 13.4. The van der Waals surface area contributed by atoms with E-state index in [2.05, 4.69) is 39.7 Å². The standard InChI is InChI=1S/C19H15N5O/c1-2-4-13(5-3-1)17-9-16-12-25-19-8-14(18-10-20-23-21-18)6-7-15(19)11-24(16)22-17/h1-10H,11-12H2,(H,20,21,23). The summed E-state index contributed by atoms with van der Waals surface area (Å²) in [4.78, 5) is 0. The maximum atomic E-state index is 6.05. The minimum absolute atomic E-state index is 0.498. The number of H-pyrrole nitrogens is 1. The molecule has 0 amide bonds. The molecule has 3 heterocycles. The number of fused-ring (bicyclic) bond motifs is 2. The van der Waals surface area contributed by atoms with Crippen LogP contribution in [0.15, 0.2) is 60.8 Å². The van der Waals surface area contributed by atoms with Crippen molar-refractivity contribution in [1.29, 1.82) is 0 Å². The van der Waals surface area contributed by atoms with Crippen molar-refractivity contribution in [1.82, 2.24) is 25.2 Å². The molecule has 0 saturated carbocycles. The van der Waals surface area contributed by atoms with Gasteiger partial charge in [0, 0.05) is 16.7 Å². The fourth-order valence-corrected chi connectivity index (χ4v) is 3.10. The van der Waals surface area contributed by atoms with Crippen LogP contribution < -0.4 is 4.74 Å². The predicted molar refractivity (Wildman–Crippen MR) is 92.9 cm³/mol. The summed E-state index contributed by atoms with van der Waals surface area (Å²) in [6, 6.07) is 18.4. The Balaban J connectivity index is 1.50. The molecule has 0 unspecified atom stereocenters. The molecule has 122 valence electrons. The van der Waals surface area contributed by atoms with Crippen molar-refractivity contribution in [2.24, 2.45) is 0 Å². The summed E-state index contributed by atoms with van der Waals surface area (Å²) in [6.07, 6.45) is 1.70. The molecule has 0 spiro atoms. The second-order valence-corrected chi connectivity index (χ2v) is 6.03. The van der Waals surface area contributed by atoms with Gasteiger partial charge in [0.15, 0.2) is 0 Å². The fourth-order valence-electron chi connectivity index (χ4n) is 3.10. The van der Waals surface area contributed by atoms with Crippen molar-refractivity contribution in [3.63, 3.8) is 0 Å². The van der Waals surface area contributed by atoms with E-state index in [-0.39, 0.29) is 0 Å². The molecule has 0 bridgehead atoms. The molecule has 6 heteroatoms. The van der Waals surface area contributed by atoms with Crippen LogP contribution in [0.25, 0.3) is 22.5 Å². The Morgan fingerprint density at radius 1 is 1.00 bits per heavy atom. The molecular weight excluding hydrogens is 314 g/mol. The molecule has 1 aliphatic heterocycles. The van der Waals surface area contributed by atoms with E-state index in [1.54, 1.807) is 6.20 Å². The lowest BCUT2D eigenvalue weighted by molar-refractivity contribution is 0.302. The van der Waals surface area contributed by atoms with E-state index in [9.17, 15) is 0 Å². The molecular formula is C19H15N5O. The highest BCUT2D eigenvalue weighted by atomic mass is 16.5. The average Bonchev–Trinajstić information content (AvgIpc) is 3.29. The first-order valence-corrected chi connectivity index (χ1v) is 8.11. The quantitative estimate of drug-likeness (QED) is 0.613. The Morgan fingerprint density at radius 3 is 2.76 bits per heavy atom. The van der Waals surface area contributed by atoms with Gasteiger partial charge in [-0.15, -0.1) is 5.10 Å². The van der Waals surface area contributed by atoms with Crippen molar-refractivity contribution < 1.29 is 4.74 Å². The van der Waals surface area contributed by atoms with Gasteiger partial charge >= 0.3 is 0 Å². The first-order valence-electron chi connectivity index (χ1n) is 8.11. The lowest BCUT2D eigenvalue weighted by Crippen LogP contribution is -2.03. The van der Waals surface area contributed by atoms with Crippen molar-refractivity contribution in [2.45, 2.75) is 13.2 Å². The summed E-state index contributed by atoms with van der Waals surface area (Å²) in [6.45, 7) is 1.19. The van der Waals surface area contributed by atoms with Crippen LogP contribution in [0.3, 0.4) is 0 Å². The number of ether oxygens (including phenoxy) is 1.